The normalized spacial score (nSPS) is 12.7. The summed E-state index contributed by atoms with van der Waals surface area (Å²) in [6.45, 7) is 4.20. The zero-order valence-electron chi connectivity index (χ0n) is 24.9. The second-order valence-electron chi connectivity index (χ2n) is 10.4. The van der Waals surface area contributed by atoms with Crippen molar-refractivity contribution in [2.45, 2.75) is 58.2 Å². The Morgan fingerprint density at radius 2 is 1.72 bits per heavy atom. The highest BCUT2D eigenvalue weighted by atomic mass is 79.9. The van der Waals surface area contributed by atoms with E-state index in [1.807, 2.05) is 68.4 Å². The summed E-state index contributed by atoms with van der Waals surface area (Å²) >= 11 is 9.77. The van der Waals surface area contributed by atoms with E-state index in [1.165, 1.54) is 17.5 Å². The first kappa shape index (κ1) is 34.4. The third kappa shape index (κ3) is 10.3. The van der Waals surface area contributed by atoms with Gasteiger partial charge in [-0.2, -0.15) is 0 Å². The van der Waals surface area contributed by atoms with E-state index in [0.29, 0.717) is 17.9 Å². The van der Waals surface area contributed by atoms with Crippen LogP contribution in [0.25, 0.3) is 0 Å². The number of methoxy groups -OCH3 is 1. The fourth-order valence-electron chi connectivity index (χ4n) is 4.64. The number of hydrogen-bond acceptors (Lipinski definition) is 5. The lowest BCUT2D eigenvalue weighted by atomic mass is 10.0. The average Bonchev–Trinajstić information content (AvgIpc) is 2.96. The predicted octanol–water partition coefficient (Wildman–Crippen LogP) is 6.21. The molecule has 1 N–H and O–H groups in total. The van der Waals surface area contributed by atoms with Gasteiger partial charge in [0.2, 0.25) is 21.8 Å². The maximum atomic E-state index is 14.0. The van der Waals surface area contributed by atoms with Gasteiger partial charge in [0.1, 0.15) is 11.8 Å². The van der Waals surface area contributed by atoms with Crippen LogP contribution < -0.4 is 14.4 Å². The summed E-state index contributed by atoms with van der Waals surface area (Å²) in [6, 6.07) is 21.1. The summed E-state index contributed by atoms with van der Waals surface area (Å²) in [5.41, 5.74) is 2.17. The summed E-state index contributed by atoms with van der Waals surface area (Å²) in [6.07, 6.45) is 2.46. The van der Waals surface area contributed by atoms with Crippen LogP contribution in [0, 0.1) is 0 Å². The van der Waals surface area contributed by atoms with Gasteiger partial charge >= 0.3 is 0 Å². The number of amides is 2. The zero-order valence-corrected chi connectivity index (χ0v) is 28.1. The monoisotopic (exact) mass is 691 g/mol. The van der Waals surface area contributed by atoms with Gasteiger partial charge in [0.15, 0.2) is 0 Å². The minimum atomic E-state index is -3.67. The van der Waals surface area contributed by atoms with Gasteiger partial charge in [-0.25, -0.2) is 8.42 Å². The standard InChI is InChI=1S/C32H39BrClN3O5S/c1-5-23(2)35-32(39)29(20-24-11-7-6-8-12-24)36(22-25-13-9-14-26(33)19-25)31(38)15-10-18-37(43(4,40)41)27-16-17-30(42-3)28(34)21-27/h6-9,11-14,16-17,19,21,23,29H,5,10,15,18,20,22H2,1-4H3,(H,35,39)/t23-,29-/m0/s1. The Labute approximate surface area is 268 Å². The Kier molecular flexibility index (Phi) is 12.9. The molecular weight excluding hydrogens is 654 g/mol. The smallest absolute Gasteiger partial charge is 0.243 e. The van der Waals surface area contributed by atoms with Crippen molar-refractivity contribution in [3.8, 4) is 5.75 Å². The number of nitrogens with zero attached hydrogens (tertiary/aromatic N) is 2. The topological polar surface area (TPSA) is 96.0 Å². The van der Waals surface area contributed by atoms with E-state index in [2.05, 4.69) is 21.2 Å². The Balaban J connectivity index is 1.90. The lowest BCUT2D eigenvalue weighted by Crippen LogP contribution is -2.52. The molecule has 232 valence electrons. The van der Waals surface area contributed by atoms with Crippen LogP contribution in [0.4, 0.5) is 5.69 Å². The first-order valence-corrected chi connectivity index (χ1v) is 17.1. The molecule has 0 aliphatic carbocycles. The van der Waals surface area contributed by atoms with E-state index in [9.17, 15) is 18.0 Å². The molecule has 0 heterocycles. The molecular formula is C32H39BrClN3O5S. The highest BCUT2D eigenvalue weighted by molar-refractivity contribution is 9.10. The lowest BCUT2D eigenvalue weighted by Gasteiger charge is -2.33. The Morgan fingerprint density at radius 3 is 2.33 bits per heavy atom. The van der Waals surface area contributed by atoms with E-state index < -0.39 is 16.1 Å². The molecule has 0 aromatic heterocycles. The minimum absolute atomic E-state index is 0.0335. The molecule has 2 amide bonds. The summed E-state index contributed by atoms with van der Waals surface area (Å²) in [5, 5.41) is 3.34. The van der Waals surface area contributed by atoms with Crippen molar-refractivity contribution in [3.05, 3.63) is 93.4 Å². The number of halogens is 2. The SMILES string of the molecule is CC[C@H](C)NC(=O)[C@H](Cc1ccccc1)N(Cc1cccc(Br)c1)C(=O)CCCN(c1ccc(OC)c(Cl)c1)S(C)(=O)=O. The van der Waals surface area contributed by atoms with E-state index >= 15 is 0 Å². The quantitative estimate of drug-likeness (QED) is 0.204. The average molecular weight is 693 g/mol. The van der Waals surface area contributed by atoms with Crippen LogP contribution in [0.2, 0.25) is 5.02 Å². The summed E-state index contributed by atoms with van der Waals surface area (Å²) < 4.78 is 32.7. The molecule has 0 spiro atoms. The fraction of sp³-hybridized carbons (Fsp3) is 0.375. The Bertz CT molecular complexity index is 1490. The number of carbonyl (C=O) groups excluding carboxylic acids is 2. The van der Waals surface area contributed by atoms with Gasteiger partial charge < -0.3 is 15.0 Å². The highest BCUT2D eigenvalue weighted by Gasteiger charge is 2.31. The molecule has 0 bridgehead atoms. The van der Waals surface area contributed by atoms with Crippen LogP contribution in [0.5, 0.6) is 5.75 Å². The molecule has 2 atom stereocenters. The molecule has 0 unspecified atom stereocenters. The number of ether oxygens (including phenoxy) is 1. The maximum absolute atomic E-state index is 14.0. The summed E-state index contributed by atoms with van der Waals surface area (Å²) in [5.74, 6) is -0.0500. The molecule has 0 aliphatic heterocycles. The van der Waals surface area contributed by atoms with Crippen molar-refractivity contribution >= 4 is 55.1 Å². The van der Waals surface area contributed by atoms with Crippen LogP contribution in [-0.2, 0) is 32.6 Å². The van der Waals surface area contributed by atoms with Gasteiger partial charge in [-0.15, -0.1) is 0 Å². The lowest BCUT2D eigenvalue weighted by molar-refractivity contribution is -0.141. The number of rotatable bonds is 15. The summed E-state index contributed by atoms with van der Waals surface area (Å²) in [7, 11) is -2.19. The first-order chi connectivity index (χ1) is 20.4. The van der Waals surface area contributed by atoms with Gasteiger partial charge in [-0.1, -0.05) is 76.9 Å². The first-order valence-electron chi connectivity index (χ1n) is 14.1. The van der Waals surface area contributed by atoms with Crippen molar-refractivity contribution in [3.63, 3.8) is 0 Å². The van der Waals surface area contributed by atoms with Crippen LogP contribution in [0.3, 0.4) is 0 Å². The molecule has 11 heteroatoms. The van der Waals surface area contributed by atoms with Crippen molar-refractivity contribution < 1.29 is 22.7 Å². The number of hydrogen-bond donors (Lipinski definition) is 1. The Morgan fingerprint density at radius 1 is 1.02 bits per heavy atom. The second-order valence-corrected chi connectivity index (χ2v) is 13.7. The number of nitrogens with one attached hydrogen (secondary N) is 1. The van der Waals surface area contributed by atoms with E-state index in [4.69, 9.17) is 16.3 Å². The molecule has 3 aromatic rings. The van der Waals surface area contributed by atoms with E-state index in [-0.39, 0.29) is 48.8 Å². The summed E-state index contributed by atoms with van der Waals surface area (Å²) in [4.78, 5) is 29.2. The molecule has 8 nitrogen and oxygen atoms in total. The molecule has 3 rings (SSSR count). The van der Waals surface area contributed by atoms with Crippen LogP contribution in [0.15, 0.2) is 77.3 Å². The van der Waals surface area contributed by atoms with Crippen molar-refractivity contribution in [2.24, 2.45) is 0 Å². The molecule has 0 aliphatic rings. The van der Waals surface area contributed by atoms with Crippen LogP contribution in [-0.4, -0.2) is 57.1 Å². The van der Waals surface area contributed by atoms with Crippen LogP contribution >= 0.6 is 27.5 Å². The van der Waals surface area contributed by atoms with Crippen molar-refractivity contribution in [2.75, 3.05) is 24.2 Å². The van der Waals surface area contributed by atoms with Gasteiger partial charge in [0, 0.05) is 36.4 Å². The third-order valence-electron chi connectivity index (χ3n) is 7.09. The van der Waals surface area contributed by atoms with Crippen molar-refractivity contribution in [1.29, 1.82) is 0 Å². The number of anilines is 1. The molecule has 3 aromatic carbocycles. The fourth-order valence-corrected chi connectivity index (χ4v) is 6.30. The maximum Gasteiger partial charge on any atom is 0.243 e. The molecule has 0 radical (unpaired) electrons. The Hall–Kier alpha value is -3.08. The van der Waals surface area contributed by atoms with Gasteiger partial charge in [0.05, 0.1) is 24.1 Å². The van der Waals surface area contributed by atoms with E-state index in [0.717, 1.165) is 28.3 Å². The predicted molar refractivity (Wildman–Crippen MR) is 176 cm³/mol. The number of benzene rings is 3. The zero-order chi connectivity index (χ0) is 31.6. The molecule has 0 saturated heterocycles. The largest absolute Gasteiger partial charge is 0.495 e. The molecule has 0 saturated carbocycles. The molecule has 43 heavy (non-hydrogen) atoms. The van der Waals surface area contributed by atoms with Crippen LogP contribution in [0.1, 0.15) is 44.2 Å². The second kappa shape index (κ2) is 16.1. The highest BCUT2D eigenvalue weighted by Crippen LogP contribution is 2.30. The number of carbonyl (C=O) groups is 2. The number of sulfonamides is 1. The van der Waals surface area contributed by atoms with Gasteiger partial charge in [0.25, 0.3) is 0 Å². The molecule has 0 fully saturated rings. The van der Waals surface area contributed by atoms with Gasteiger partial charge in [-0.3, -0.25) is 13.9 Å². The van der Waals surface area contributed by atoms with Crippen molar-refractivity contribution in [1.82, 2.24) is 10.2 Å². The minimum Gasteiger partial charge on any atom is -0.495 e. The van der Waals surface area contributed by atoms with E-state index in [1.54, 1.807) is 17.0 Å². The third-order valence-corrected chi connectivity index (χ3v) is 9.07. The van der Waals surface area contributed by atoms with Gasteiger partial charge in [-0.05, 0) is 61.2 Å².